The van der Waals surface area contributed by atoms with Gasteiger partial charge in [-0.2, -0.15) is 4.31 Å². The molecule has 1 aromatic heterocycles. The number of benzene rings is 2. The summed E-state index contributed by atoms with van der Waals surface area (Å²) in [7, 11) is -3.59. The second-order valence-corrected chi connectivity index (χ2v) is 12.3. The van der Waals surface area contributed by atoms with Gasteiger partial charge < -0.3 is 9.64 Å². The van der Waals surface area contributed by atoms with Gasteiger partial charge in [0, 0.05) is 13.1 Å². The Bertz CT molecular complexity index is 1310. The maximum atomic E-state index is 13.4. The number of halogens is 1. The molecule has 0 bridgehead atoms. The van der Waals surface area contributed by atoms with Crippen LogP contribution < -0.4 is 4.90 Å². The van der Waals surface area contributed by atoms with Crippen LogP contribution in [0.2, 0.25) is 0 Å². The zero-order valence-corrected chi connectivity index (χ0v) is 20.6. The van der Waals surface area contributed by atoms with Gasteiger partial charge in [0.25, 0.3) is 0 Å². The summed E-state index contributed by atoms with van der Waals surface area (Å²) in [6, 6.07) is 10.5. The van der Waals surface area contributed by atoms with Gasteiger partial charge in [0.2, 0.25) is 10.0 Å². The fourth-order valence-electron chi connectivity index (χ4n) is 4.62. The van der Waals surface area contributed by atoms with Crippen molar-refractivity contribution in [2.24, 2.45) is 11.8 Å². The minimum absolute atomic E-state index is 0.187. The van der Waals surface area contributed by atoms with Crippen molar-refractivity contribution in [1.29, 1.82) is 0 Å². The first-order chi connectivity index (χ1) is 16.2. The first-order valence-corrected chi connectivity index (χ1v) is 13.6. The SMILES string of the molecule is CC1CC(C)CN(S(=O)(=O)c2ccc(C(=O)OC3CN(c4nc5ccc(F)cc5s4)C3)cc2)C1. The second-order valence-electron chi connectivity index (χ2n) is 9.33. The van der Waals surface area contributed by atoms with Crippen molar-refractivity contribution < 1.29 is 22.3 Å². The highest BCUT2D eigenvalue weighted by molar-refractivity contribution is 7.89. The molecule has 2 saturated heterocycles. The number of thiazole rings is 1. The Hall–Kier alpha value is -2.56. The molecular weight excluding hydrogens is 477 g/mol. The van der Waals surface area contributed by atoms with Crippen LogP contribution in [0.5, 0.6) is 0 Å². The van der Waals surface area contributed by atoms with Crippen LogP contribution >= 0.6 is 11.3 Å². The number of ether oxygens (including phenoxy) is 1. The summed E-state index contributed by atoms with van der Waals surface area (Å²) in [6.45, 7) is 6.17. The number of rotatable bonds is 5. The molecule has 3 aromatic rings. The molecular formula is C24H26FN3O4S2. The van der Waals surface area contributed by atoms with Crippen molar-refractivity contribution in [3.8, 4) is 0 Å². The standard InChI is InChI=1S/C24H26FN3O4S2/c1-15-9-16(2)12-28(11-15)34(30,31)20-6-3-17(4-7-20)23(29)32-19-13-27(14-19)24-26-21-8-5-18(25)10-22(21)33-24/h3-8,10,15-16,19H,9,11-14H2,1-2H3. The fourth-order valence-corrected chi connectivity index (χ4v) is 7.31. The van der Waals surface area contributed by atoms with Gasteiger partial charge >= 0.3 is 5.97 Å². The van der Waals surface area contributed by atoms with Gasteiger partial charge in [0.15, 0.2) is 5.13 Å². The third kappa shape index (κ3) is 4.54. The molecule has 0 amide bonds. The van der Waals surface area contributed by atoms with Crippen LogP contribution in [0.15, 0.2) is 47.4 Å². The van der Waals surface area contributed by atoms with E-state index in [0.29, 0.717) is 43.6 Å². The smallest absolute Gasteiger partial charge is 0.338 e. The van der Waals surface area contributed by atoms with E-state index in [1.54, 1.807) is 10.4 Å². The highest BCUT2D eigenvalue weighted by atomic mass is 32.2. The first kappa shape index (κ1) is 23.2. The topological polar surface area (TPSA) is 79.8 Å². The van der Waals surface area contributed by atoms with Crippen LogP contribution in [0.1, 0.15) is 30.6 Å². The molecule has 2 aromatic carbocycles. The van der Waals surface area contributed by atoms with Gasteiger partial charge in [-0.05, 0) is 60.7 Å². The molecule has 7 nitrogen and oxygen atoms in total. The fraction of sp³-hybridized carbons (Fsp3) is 0.417. The number of sulfonamides is 1. The number of aromatic nitrogens is 1. The zero-order chi connectivity index (χ0) is 24.0. The molecule has 5 rings (SSSR count). The molecule has 0 aliphatic carbocycles. The van der Waals surface area contributed by atoms with Gasteiger partial charge in [0.1, 0.15) is 11.9 Å². The van der Waals surface area contributed by atoms with Gasteiger partial charge in [0.05, 0.1) is 33.8 Å². The number of nitrogens with zero attached hydrogens (tertiary/aromatic N) is 3. The van der Waals surface area contributed by atoms with Crippen LogP contribution in [0.4, 0.5) is 9.52 Å². The highest BCUT2D eigenvalue weighted by Gasteiger charge is 2.34. The van der Waals surface area contributed by atoms with Crippen LogP contribution in [0.25, 0.3) is 10.2 Å². The molecule has 0 N–H and O–H groups in total. The van der Waals surface area contributed by atoms with Gasteiger partial charge in [-0.15, -0.1) is 0 Å². The molecule has 3 heterocycles. The Morgan fingerprint density at radius 1 is 1.06 bits per heavy atom. The molecule has 0 radical (unpaired) electrons. The molecule has 2 aliphatic heterocycles. The summed E-state index contributed by atoms with van der Waals surface area (Å²) in [5.41, 5.74) is 1.05. The minimum Gasteiger partial charge on any atom is -0.455 e. The molecule has 10 heteroatoms. The van der Waals surface area contributed by atoms with Crippen LogP contribution in [0.3, 0.4) is 0 Å². The van der Waals surface area contributed by atoms with Crippen LogP contribution in [0, 0.1) is 17.7 Å². The van der Waals surface area contributed by atoms with Crippen molar-refractivity contribution in [2.45, 2.75) is 31.3 Å². The van der Waals surface area contributed by atoms with Crippen LogP contribution in [-0.4, -0.2) is 56.0 Å². The molecule has 34 heavy (non-hydrogen) atoms. The van der Waals surface area contributed by atoms with Crippen LogP contribution in [-0.2, 0) is 14.8 Å². The third-order valence-electron chi connectivity index (χ3n) is 6.29. The quantitative estimate of drug-likeness (QED) is 0.487. The number of fused-ring (bicyclic) bond motifs is 1. The van der Waals surface area contributed by atoms with E-state index in [2.05, 4.69) is 18.8 Å². The Morgan fingerprint density at radius 3 is 2.41 bits per heavy atom. The third-order valence-corrected chi connectivity index (χ3v) is 9.22. The Morgan fingerprint density at radius 2 is 1.74 bits per heavy atom. The largest absolute Gasteiger partial charge is 0.455 e. The van der Waals surface area contributed by atoms with Gasteiger partial charge in [-0.1, -0.05) is 25.2 Å². The minimum atomic E-state index is -3.59. The molecule has 2 atom stereocenters. The van der Waals surface area contributed by atoms with E-state index >= 15 is 0 Å². The second kappa shape index (κ2) is 8.90. The Kier molecular flexibility index (Phi) is 6.07. The number of hydrogen-bond donors (Lipinski definition) is 0. The predicted molar refractivity (Wildman–Crippen MR) is 129 cm³/mol. The summed E-state index contributed by atoms with van der Waals surface area (Å²) in [4.78, 5) is 19.2. The average molecular weight is 504 g/mol. The molecule has 0 spiro atoms. The molecule has 2 aliphatic rings. The van der Waals surface area contributed by atoms with E-state index in [4.69, 9.17) is 4.74 Å². The van der Waals surface area contributed by atoms with E-state index in [-0.39, 0.29) is 16.8 Å². The molecule has 2 fully saturated rings. The Labute approximate surface area is 202 Å². The maximum Gasteiger partial charge on any atom is 0.338 e. The zero-order valence-electron chi connectivity index (χ0n) is 19.0. The van der Waals surface area contributed by atoms with E-state index < -0.39 is 16.0 Å². The molecule has 180 valence electrons. The van der Waals surface area contributed by atoms with E-state index in [1.165, 1.54) is 47.7 Å². The number of piperidine rings is 1. The van der Waals surface area contributed by atoms with E-state index in [1.807, 2.05) is 4.90 Å². The van der Waals surface area contributed by atoms with Crippen molar-refractivity contribution in [2.75, 3.05) is 31.1 Å². The summed E-state index contributed by atoms with van der Waals surface area (Å²) in [5, 5.41) is 0.767. The van der Waals surface area contributed by atoms with E-state index in [0.717, 1.165) is 21.8 Å². The summed E-state index contributed by atoms with van der Waals surface area (Å²) in [5.74, 6) is -0.144. The van der Waals surface area contributed by atoms with Crippen molar-refractivity contribution in [3.63, 3.8) is 0 Å². The summed E-state index contributed by atoms with van der Waals surface area (Å²) >= 11 is 1.40. The number of hydrogen-bond acceptors (Lipinski definition) is 7. The normalized spacial score (nSPS) is 22.0. The lowest BCUT2D eigenvalue weighted by Gasteiger charge is -2.38. The predicted octanol–water partition coefficient (Wildman–Crippen LogP) is 4.15. The lowest BCUT2D eigenvalue weighted by Crippen LogP contribution is -2.53. The highest BCUT2D eigenvalue weighted by Crippen LogP contribution is 2.32. The molecule has 0 saturated carbocycles. The maximum absolute atomic E-state index is 13.4. The lowest BCUT2D eigenvalue weighted by atomic mass is 9.94. The molecule has 2 unspecified atom stereocenters. The monoisotopic (exact) mass is 503 g/mol. The first-order valence-electron chi connectivity index (χ1n) is 11.3. The number of carbonyl (C=O) groups excluding carboxylic acids is 1. The van der Waals surface area contributed by atoms with Crippen molar-refractivity contribution in [1.82, 2.24) is 9.29 Å². The average Bonchev–Trinajstić information content (AvgIpc) is 3.17. The summed E-state index contributed by atoms with van der Waals surface area (Å²) < 4.78 is 47.3. The van der Waals surface area contributed by atoms with Gasteiger partial charge in [-0.25, -0.2) is 22.6 Å². The van der Waals surface area contributed by atoms with Gasteiger partial charge in [-0.3, -0.25) is 0 Å². The number of carbonyl (C=O) groups is 1. The van der Waals surface area contributed by atoms with Crippen molar-refractivity contribution >= 4 is 42.7 Å². The lowest BCUT2D eigenvalue weighted by molar-refractivity contribution is 0.0234. The van der Waals surface area contributed by atoms with Crippen molar-refractivity contribution in [3.05, 3.63) is 53.8 Å². The Balaban J connectivity index is 1.19. The number of anilines is 1. The summed E-state index contributed by atoms with van der Waals surface area (Å²) in [6.07, 6.45) is 0.739. The number of esters is 1. The van der Waals surface area contributed by atoms with E-state index in [9.17, 15) is 17.6 Å².